The van der Waals surface area contributed by atoms with Crippen LogP contribution >= 0.6 is 0 Å². The average Bonchev–Trinajstić information content (AvgIpc) is 2.55. The van der Waals surface area contributed by atoms with Gasteiger partial charge < -0.3 is 14.7 Å². The Kier molecular flexibility index (Phi) is 6.02. The third-order valence-corrected chi connectivity index (χ3v) is 4.39. The maximum atomic E-state index is 12.5. The van der Waals surface area contributed by atoms with Gasteiger partial charge in [0, 0.05) is 13.0 Å². The topological polar surface area (TPSA) is 66.8 Å². The van der Waals surface area contributed by atoms with Crippen LogP contribution in [0.3, 0.4) is 0 Å². The lowest BCUT2D eigenvalue weighted by molar-refractivity contribution is -0.152. The maximum Gasteiger partial charge on any atom is 0.326 e. The van der Waals surface area contributed by atoms with Gasteiger partial charge in [-0.05, 0) is 43.2 Å². The first-order valence-corrected chi connectivity index (χ1v) is 8.17. The molecule has 2 atom stereocenters. The van der Waals surface area contributed by atoms with Crippen molar-refractivity contribution < 1.29 is 19.4 Å². The molecule has 5 heteroatoms. The molecule has 0 aromatic heterocycles. The van der Waals surface area contributed by atoms with Gasteiger partial charge in [-0.1, -0.05) is 25.1 Å². The second kappa shape index (κ2) is 7.99. The summed E-state index contributed by atoms with van der Waals surface area (Å²) >= 11 is 0. The molecule has 1 aromatic carbocycles. The van der Waals surface area contributed by atoms with Gasteiger partial charge in [0.05, 0.1) is 7.11 Å². The highest BCUT2D eigenvalue weighted by Crippen LogP contribution is 2.24. The molecule has 1 aromatic rings. The smallest absolute Gasteiger partial charge is 0.326 e. The monoisotopic (exact) mass is 319 g/mol. The molecule has 1 saturated heterocycles. The van der Waals surface area contributed by atoms with E-state index in [0.717, 1.165) is 30.6 Å². The number of nitrogens with zero attached hydrogens (tertiary/aromatic N) is 1. The van der Waals surface area contributed by atoms with Crippen molar-refractivity contribution in [1.29, 1.82) is 0 Å². The molecule has 23 heavy (non-hydrogen) atoms. The number of benzene rings is 1. The number of amides is 1. The maximum absolute atomic E-state index is 12.5. The van der Waals surface area contributed by atoms with E-state index < -0.39 is 12.0 Å². The summed E-state index contributed by atoms with van der Waals surface area (Å²) in [5.74, 6) is 0.0123. The number of likely N-dealkylation sites (tertiary alicyclic amines) is 1. The molecule has 1 N–H and O–H groups in total. The third kappa shape index (κ3) is 4.47. The number of ether oxygens (including phenoxy) is 1. The Morgan fingerprint density at radius 1 is 1.35 bits per heavy atom. The molecule has 1 aliphatic rings. The standard InChI is InChI=1S/C18H25NO4/c1-13(11-14-7-3-4-9-16(14)23-2)12-17(20)19-10-6-5-8-15(19)18(21)22/h3-4,7,9,13,15H,5-6,8,10-12H2,1-2H3,(H,21,22)/t13?,15-/m1/s1. The molecule has 2 rings (SSSR count). The summed E-state index contributed by atoms with van der Waals surface area (Å²) in [6.45, 7) is 2.57. The highest BCUT2D eigenvalue weighted by Gasteiger charge is 2.32. The normalized spacial score (nSPS) is 19.2. The Balaban J connectivity index is 1.97. The van der Waals surface area contributed by atoms with E-state index in [1.807, 2.05) is 31.2 Å². The molecule has 0 aliphatic carbocycles. The van der Waals surface area contributed by atoms with Crippen LogP contribution in [0.1, 0.15) is 38.2 Å². The number of carbonyl (C=O) groups is 2. The van der Waals surface area contributed by atoms with Gasteiger partial charge in [-0.2, -0.15) is 0 Å². The number of carboxylic acids is 1. The van der Waals surface area contributed by atoms with Gasteiger partial charge in [0.15, 0.2) is 0 Å². The van der Waals surface area contributed by atoms with E-state index in [9.17, 15) is 14.7 Å². The molecule has 1 amide bonds. The minimum Gasteiger partial charge on any atom is -0.496 e. The molecule has 1 aliphatic heterocycles. The van der Waals surface area contributed by atoms with Crippen molar-refractivity contribution in [3.05, 3.63) is 29.8 Å². The van der Waals surface area contributed by atoms with Crippen LogP contribution in [0.5, 0.6) is 5.75 Å². The van der Waals surface area contributed by atoms with Gasteiger partial charge in [-0.25, -0.2) is 4.79 Å². The van der Waals surface area contributed by atoms with E-state index in [2.05, 4.69) is 0 Å². The van der Waals surface area contributed by atoms with E-state index in [4.69, 9.17) is 4.74 Å². The molecule has 1 heterocycles. The summed E-state index contributed by atoms with van der Waals surface area (Å²) in [6, 6.07) is 7.13. The molecule has 0 saturated carbocycles. The van der Waals surface area contributed by atoms with Crippen molar-refractivity contribution in [2.45, 2.75) is 45.1 Å². The zero-order valence-electron chi connectivity index (χ0n) is 13.8. The minimum atomic E-state index is -0.893. The predicted molar refractivity (Wildman–Crippen MR) is 87.5 cm³/mol. The minimum absolute atomic E-state index is 0.0560. The number of hydrogen-bond donors (Lipinski definition) is 1. The average molecular weight is 319 g/mol. The van der Waals surface area contributed by atoms with Gasteiger partial charge in [0.25, 0.3) is 0 Å². The Bertz CT molecular complexity index is 558. The van der Waals surface area contributed by atoms with E-state index in [1.54, 1.807) is 12.0 Å². The molecule has 1 fully saturated rings. The summed E-state index contributed by atoms with van der Waals surface area (Å²) in [7, 11) is 1.64. The van der Waals surface area contributed by atoms with Crippen LogP contribution in [-0.4, -0.2) is 41.6 Å². The van der Waals surface area contributed by atoms with Crippen molar-refractivity contribution in [3.8, 4) is 5.75 Å². The zero-order valence-corrected chi connectivity index (χ0v) is 13.8. The molecule has 5 nitrogen and oxygen atoms in total. The Labute approximate surface area is 137 Å². The van der Waals surface area contributed by atoms with E-state index in [-0.39, 0.29) is 11.8 Å². The molecular weight excluding hydrogens is 294 g/mol. The van der Waals surface area contributed by atoms with Crippen LogP contribution < -0.4 is 4.74 Å². The summed E-state index contributed by atoms with van der Waals surface area (Å²) in [5.41, 5.74) is 1.07. The van der Waals surface area contributed by atoms with Crippen molar-refractivity contribution in [2.75, 3.05) is 13.7 Å². The number of para-hydroxylation sites is 1. The first-order valence-electron chi connectivity index (χ1n) is 8.17. The Morgan fingerprint density at radius 3 is 2.78 bits per heavy atom. The Morgan fingerprint density at radius 2 is 2.09 bits per heavy atom. The highest BCUT2D eigenvalue weighted by atomic mass is 16.5. The number of methoxy groups -OCH3 is 1. The molecule has 0 radical (unpaired) electrons. The first-order chi connectivity index (χ1) is 11.0. The van der Waals surface area contributed by atoms with E-state index in [0.29, 0.717) is 19.4 Å². The lowest BCUT2D eigenvalue weighted by Gasteiger charge is -2.33. The fourth-order valence-electron chi connectivity index (χ4n) is 3.22. The van der Waals surface area contributed by atoms with Gasteiger partial charge in [0.1, 0.15) is 11.8 Å². The van der Waals surface area contributed by atoms with Crippen molar-refractivity contribution in [3.63, 3.8) is 0 Å². The number of carboxylic acid groups (broad SMARTS) is 1. The second-order valence-corrected chi connectivity index (χ2v) is 6.26. The fraction of sp³-hybridized carbons (Fsp3) is 0.556. The van der Waals surface area contributed by atoms with E-state index >= 15 is 0 Å². The van der Waals surface area contributed by atoms with Crippen LogP contribution in [0, 0.1) is 5.92 Å². The molecule has 1 unspecified atom stereocenters. The lowest BCUT2D eigenvalue weighted by atomic mass is 9.95. The number of hydrogen-bond acceptors (Lipinski definition) is 3. The van der Waals surface area contributed by atoms with Gasteiger partial charge in [-0.15, -0.1) is 0 Å². The van der Waals surface area contributed by atoms with Crippen LogP contribution in [0.4, 0.5) is 0 Å². The van der Waals surface area contributed by atoms with Crippen LogP contribution in [0.25, 0.3) is 0 Å². The quantitative estimate of drug-likeness (QED) is 0.875. The van der Waals surface area contributed by atoms with Crippen molar-refractivity contribution >= 4 is 11.9 Å². The SMILES string of the molecule is COc1ccccc1CC(C)CC(=O)N1CCCC[C@@H]1C(=O)O. The van der Waals surface area contributed by atoms with Gasteiger partial charge >= 0.3 is 5.97 Å². The molecule has 126 valence electrons. The van der Waals surface area contributed by atoms with Gasteiger partial charge in [0.2, 0.25) is 5.91 Å². The number of aliphatic carboxylic acids is 1. The summed E-state index contributed by atoms with van der Waals surface area (Å²) in [6.07, 6.45) is 3.42. The van der Waals surface area contributed by atoms with Crippen LogP contribution in [0.15, 0.2) is 24.3 Å². The van der Waals surface area contributed by atoms with Gasteiger partial charge in [-0.3, -0.25) is 4.79 Å². The zero-order chi connectivity index (χ0) is 16.8. The summed E-state index contributed by atoms with van der Waals surface area (Å²) in [5, 5.41) is 9.28. The van der Waals surface area contributed by atoms with Crippen molar-refractivity contribution in [1.82, 2.24) is 4.90 Å². The molecular formula is C18H25NO4. The van der Waals surface area contributed by atoms with Crippen molar-refractivity contribution in [2.24, 2.45) is 5.92 Å². The largest absolute Gasteiger partial charge is 0.496 e. The summed E-state index contributed by atoms with van der Waals surface area (Å²) < 4.78 is 5.34. The molecule has 0 spiro atoms. The lowest BCUT2D eigenvalue weighted by Crippen LogP contribution is -2.48. The fourth-order valence-corrected chi connectivity index (χ4v) is 3.22. The second-order valence-electron chi connectivity index (χ2n) is 6.26. The molecule has 0 bridgehead atoms. The van der Waals surface area contributed by atoms with Crippen LogP contribution in [-0.2, 0) is 16.0 Å². The predicted octanol–water partition coefficient (Wildman–Crippen LogP) is 2.73. The number of piperidine rings is 1. The number of rotatable bonds is 6. The van der Waals surface area contributed by atoms with Crippen LogP contribution in [0.2, 0.25) is 0 Å². The first kappa shape index (κ1) is 17.3. The Hall–Kier alpha value is -2.04. The number of carbonyl (C=O) groups excluding carboxylic acids is 1. The summed E-state index contributed by atoms with van der Waals surface area (Å²) in [4.78, 5) is 25.4. The third-order valence-electron chi connectivity index (χ3n) is 4.39. The van der Waals surface area contributed by atoms with E-state index in [1.165, 1.54) is 0 Å². The highest BCUT2D eigenvalue weighted by molar-refractivity contribution is 5.84.